The highest BCUT2D eigenvalue weighted by Crippen LogP contribution is 2.27. The van der Waals surface area contributed by atoms with Gasteiger partial charge in [0, 0.05) is 18.5 Å². The second kappa shape index (κ2) is 9.95. The molecule has 0 aromatic carbocycles. The number of carbonyl (C=O) groups is 2. The van der Waals surface area contributed by atoms with Crippen LogP contribution in [0.25, 0.3) is 0 Å². The fourth-order valence-corrected chi connectivity index (χ4v) is 2.47. The summed E-state index contributed by atoms with van der Waals surface area (Å²) in [6, 6.07) is 0. The highest BCUT2D eigenvalue weighted by Gasteiger charge is 2.55. The molecule has 26 heavy (non-hydrogen) atoms. The molecule has 0 radical (unpaired) electrons. The van der Waals surface area contributed by atoms with Crippen molar-refractivity contribution in [2.75, 3.05) is 13.2 Å². The SMILES string of the molecule is C=C(C)C(=O)NCCCCCC(=O)N[C@]1(O)C(O)O[C@H](CO)[C@H](O)[C@@H]1O. The van der Waals surface area contributed by atoms with Crippen LogP contribution in [0.15, 0.2) is 12.2 Å². The van der Waals surface area contributed by atoms with E-state index in [2.05, 4.69) is 17.2 Å². The van der Waals surface area contributed by atoms with Crippen molar-refractivity contribution in [1.82, 2.24) is 10.6 Å². The van der Waals surface area contributed by atoms with Crippen molar-refractivity contribution in [3.8, 4) is 0 Å². The Balaban J connectivity index is 2.37. The zero-order valence-corrected chi connectivity index (χ0v) is 14.7. The third-order valence-corrected chi connectivity index (χ3v) is 4.11. The maximum Gasteiger partial charge on any atom is 0.246 e. The van der Waals surface area contributed by atoms with E-state index in [1.165, 1.54) is 0 Å². The molecule has 0 aliphatic carbocycles. The Labute approximate surface area is 151 Å². The van der Waals surface area contributed by atoms with Gasteiger partial charge in [0.2, 0.25) is 23.8 Å². The lowest BCUT2D eigenvalue weighted by molar-refractivity contribution is -0.336. The van der Waals surface area contributed by atoms with E-state index in [4.69, 9.17) is 9.84 Å². The number of carbonyl (C=O) groups excluding carboxylic acids is 2. The van der Waals surface area contributed by atoms with Gasteiger partial charge in [-0.15, -0.1) is 0 Å². The van der Waals surface area contributed by atoms with E-state index in [0.29, 0.717) is 31.4 Å². The van der Waals surface area contributed by atoms with Crippen molar-refractivity contribution in [2.45, 2.75) is 62.9 Å². The lowest BCUT2D eigenvalue weighted by Gasteiger charge is -2.45. The topological polar surface area (TPSA) is 169 Å². The Morgan fingerprint density at radius 2 is 1.85 bits per heavy atom. The number of ether oxygens (including phenoxy) is 1. The molecule has 1 heterocycles. The molecule has 7 N–H and O–H groups in total. The van der Waals surface area contributed by atoms with Crippen molar-refractivity contribution in [2.24, 2.45) is 0 Å². The number of nitrogens with one attached hydrogen (secondary N) is 2. The summed E-state index contributed by atoms with van der Waals surface area (Å²) in [5.41, 5.74) is -2.17. The Morgan fingerprint density at radius 3 is 2.42 bits per heavy atom. The molecule has 1 saturated heterocycles. The van der Waals surface area contributed by atoms with Gasteiger partial charge in [-0.1, -0.05) is 13.0 Å². The van der Waals surface area contributed by atoms with Crippen molar-refractivity contribution in [3.63, 3.8) is 0 Å². The minimum atomic E-state index is -2.59. The maximum atomic E-state index is 11.9. The largest absolute Gasteiger partial charge is 0.394 e. The molecule has 10 heteroatoms. The van der Waals surface area contributed by atoms with Gasteiger partial charge in [0.25, 0.3) is 0 Å². The van der Waals surface area contributed by atoms with E-state index in [9.17, 15) is 30.0 Å². The van der Waals surface area contributed by atoms with Crippen LogP contribution in [-0.4, -0.2) is 80.8 Å². The highest BCUT2D eigenvalue weighted by molar-refractivity contribution is 5.92. The van der Waals surface area contributed by atoms with E-state index in [-0.39, 0.29) is 12.3 Å². The average molecular weight is 376 g/mol. The van der Waals surface area contributed by atoms with Crippen LogP contribution in [0.5, 0.6) is 0 Å². The minimum absolute atomic E-state index is 0.00426. The zero-order valence-electron chi connectivity index (χ0n) is 14.7. The van der Waals surface area contributed by atoms with Gasteiger partial charge in [0.1, 0.15) is 18.3 Å². The summed E-state index contributed by atoms with van der Waals surface area (Å²) in [6.07, 6.45) is -5.22. The van der Waals surface area contributed by atoms with Gasteiger partial charge in [-0.3, -0.25) is 9.59 Å². The number of unbranched alkanes of at least 4 members (excludes halogenated alkanes) is 2. The van der Waals surface area contributed by atoms with Crippen LogP contribution in [0, 0.1) is 0 Å². The molecule has 1 aliphatic heterocycles. The monoisotopic (exact) mass is 376 g/mol. The highest BCUT2D eigenvalue weighted by atomic mass is 16.6. The van der Waals surface area contributed by atoms with Crippen molar-refractivity contribution in [1.29, 1.82) is 0 Å². The lowest BCUT2D eigenvalue weighted by atomic mass is 9.93. The van der Waals surface area contributed by atoms with Crippen molar-refractivity contribution in [3.05, 3.63) is 12.2 Å². The molecule has 5 atom stereocenters. The molecular weight excluding hydrogens is 348 g/mol. The number of amides is 2. The summed E-state index contributed by atoms with van der Waals surface area (Å²) >= 11 is 0. The van der Waals surface area contributed by atoms with Gasteiger partial charge in [0.05, 0.1) is 6.61 Å². The molecule has 0 aromatic rings. The van der Waals surface area contributed by atoms with Crippen LogP contribution in [0.1, 0.15) is 32.6 Å². The van der Waals surface area contributed by atoms with Crippen LogP contribution < -0.4 is 10.6 Å². The van der Waals surface area contributed by atoms with Gasteiger partial charge in [-0.05, 0) is 19.8 Å². The standard InChI is InChI=1S/C16H28N2O8/c1-9(2)14(23)17-7-5-3-4-6-11(20)18-16(25)13(22)12(21)10(8-19)26-15(16)24/h10,12-13,15,19,21-22,24-25H,1,3-8H2,2H3,(H,17,23)(H,18,20)/t10-,12+,13+,15?,16-/m1/s1. The lowest BCUT2D eigenvalue weighted by Crippen LogP contribution is -2.73. The first-order valence-electron chi connectivity index (χ1n) is 8.41. The third-order valence-electron chi connectivity index (χ3n) is 4.11. The number of hydrogen-bond donors (Lipinski definition) is 7. The number of rotatable bonds is 9. The molecule has 1 fully saturated rings. The summed E-state index contributed by atoms with van der Waals surface area (Å²) < 4.78 is 4.82. The molecule has 0 bridgehead atoms. The fourth-order valence-electron chi connectivity index (χ4n) is 2.47. The normalized spacial score (nSPS) is 31.3. The number of aliphatic hydroxyl groups is 5. The molecule has 0 aromatic heterocycles. The Morgan fingerprint density at radius 1 is 1.19 bits per heavy atom. The second-order valence-electron chi connectivity index (χ2n) is 6.37. The van der Waals surface area contributed by atoms with E-state index < -0.39 is 42.8 Å². The number of hydrogen-bond acceptors (Lipinski definition) is 8. The minimum Gasteiger partial charge on any atom is -0.394 e. The fraction of sp³-hybridized carbons (Fsp3) is 0.750. The van der Waals surface area contributed by atoms with E-state index in [0.717, 1.165) is 0 Å². The molecule has 1 rings (SSSR count). The first kappa shape index (κ1) is 22.5. The van der Waals surface area contributed by atoms with Crippen LogP contribution in [-0.2, 0) is 14.3 Å². The van der Waals surface area contributed by atoms with E-state index in [1.807, 2.05) is 0 Å². The van der Waals surface area contributed by atoms with Crippen LogP contribution in [0.4, 0.5) is 0 Å². The number of aliphatic hydroxyl groups excluding tert-OH is 4. The van der Waals surface area contributed by atoms with Crippen molar-refractivity contribution < 1.29 is 39.9 Å². The van der Waals surface area contributed by atoms with Gasteiger partial charge >= 0.3 is 0 Å². The first-order chi connectivity index (χ1) is 12.1. The predicted molar refractivity (Wildman–Crippen MR) is 89.4 cm³/mol. The summed E-state index contributed by atoms with van der Waals surface area (Å²) in [4.78, 5) is 23.2. The Hall–Kier alpha value is -1.56. The first-order valence-corrected chi connectivity index (χ1v) is 8.41. The van der Waals surface area contributed by atoms with Crippen molar-refractivity contribution >= 4 is 11.8 Å². The predicted octanol–water partition coefficient (Wildman–Crippen LogP) is -2.52. The van der Waals surface area contributed by atoms with Gasteiger partial charge in [0.15, 0.2) is 0 Å². The molecule has 0 spiro atoms. The van der Waals surface area contributed by atoms with Crippen LogP contribution >= 0.6 is 0 Å². The molecule has 0 saturated carbocycles. The Bertz CT molecular complexity index is 514. The molecule has 150 valence electrons. The average Bonchev–Trinajstić information content (AvgIpc) is 2.59. The summed E-state index contributed by atoms with van der Waals surface area (Å²) in [6.45, 7) is 4.87. The molecular formula is C16H28N2O8. The quantitative estimate of drug-likeness (QED) is 0.131. The maximum absolute atomic E-state index is 11.9. The summed E-state index contributed by atoms with van der Waals surface area (Å²) in [5, 5.41) is 53.5. The molecule has 1 unspecified atom stereocenters. The second-order valence-corrected chi connectivity index (χ2v) is 6.37. The smallest absolute Gasteiger partial charge is 0.246 e. The van der Waals surface area contributed by atoms with Crippen LogP contribution in [0.3, 0.4) is 0 Å². The van der Waals surface area contributed by atoms with Gasteiger partial charge < -0.3 is 40.9 Å². The summed E-state index contributed by atoms with van der Waals surface area (Å²) in [7, 11) is 0. The zero-order chi connectivity index (χ0) is 19.9. The van der Waals surface area contributed by atoms with Crippen LogP contribution in [0.2, 0.25) is 0 Å². The molecule has 2 amide bonds. The van der Waals surface area contributed by atoms with E-state index >= 15 is 0 Å². The van der Waals surface area contributed by atoms with Gasteiger partial charge in [-0.2, -0.15) is 0 Å². The van der Waals surface area contributed by atoms with Gasteiger partial charge in [-0.25, -0.2) is 0 Å². The molecule has 10 nitrogen and oxygen atoms in total. The Kier molecular flexibility index (Phi) is 8.60. The molecule has 1 aliphatic rings. The van der Waals surface area contributed by atoms with E-state index in [1.54, 1.807) is 6.92 Å². The third kappa shape index (κ3) is 5.73. The summed E-state index contributed by atoms with van der Waals surface area (Å²) in [5.74, 6) is -0.889.